The largest absolute Gasteiger partial charge is 0.493 e. The number of amides is 1. The highest BCUT2D eigenvalue weighted by Crippen LogP contribution is 2.30. The highest BCUT2D eigenvalue weighted by molar-refractivity contribution is 7.92. The molecule has 28 heavy (non-hydrogen) atoms. The van der Waals surface area contributed by atoms with Crippen molar-refractivity contribution >= 4 is 27.3 Å². The van der Waals surface area contributed by atoms with E-state index in [0.717, 1.165) is 24.2 Å². The zero-order valence-corrected chi connectivity index (χ0v) is 17.6. The zero-order valence-electron chi connectivity index (χ0n) is 16.8. The van der Waals surface area contributed by atoms with E-state index in [1.54, 1.807) is 42.5 Å². The molecule has 0 bridgehead atoms. The lowest BCUT2D eigenvalue weighted by Gasteiger charge is -2.16. The quantitative estimate of drug-likeness (QED) is 0.591. The van der Waals surface area contributed by atoms with Crippen LogP contribution in [-0.4, -0.2) is 20.9 Å². The molecule has 0 atom stereocenters. The molecule has 0 saturated heterocycles. The van der Waals surface area contributed by atoms with Gasteiger partial charge in [-0.1, -0.05) is 27.2 Å². The molecule has 0 aromatic heterocycles. The number of hydrogen-bond acceptors (Lipinski definition) is 4. The Labute approximate surface area is 167 Å². The van der Waals surface area contributed by atoms with Crippen molar-refractivity contribution in [1.82, 2.24) is 0 Å². The van der Waals surface area contributed by atoms with Crippen molar-refractivity contribution in [2.24, 2.45) is 0 Å². The molecule has 0 unspecified atom stereocenters. The fraction of sp³-hybridized carbons (Fsp3) is 0.381. The molecule has 0 aliphatic rings. The average Bonchev–Trinajstić information content (AvgIpc) is 2.63. The first kappa shape index (κ1) is 21.8. The van der Waals surface area contributed by atoms with Gasteiger partial charge in [0.1, 0.15) is 5.75 Å². The summed E-state index contributed by atoms with van der Waals surface area (Å²) in [6.45, 7) is 8.13. The molecule has 0 aliphatic heterocycles. The maximum absolute atomic E-state index is 12.8. The van der Waals surface area contributed by atoms with Crippen molar-refractivity contribution in [2.75, 3.05) is 16.6 Å². The molecule has 0 spiro atoms. The van der Waals surface area contributed by atoms with Crippen molar-refractivity contribution < 1.29 is 17.9 Å². The summed E-state index contributed by atoms with van der Waals surface area (Å²) in [5.41, 5.74) is 1.88. The molecule has 0 aliphatic carbocycles. The summed E-state index contributed by atoms with van der Waals surface area (Å²) in [6, 6.07) is 11.4. The Hall–Kier alpha value is -2.54. The summed E-state index contributed by atoms with van der Waals surface area (Å²) in [5, 5.41) is 2.64. The van der Waals surface area contributed by atoms with Gasteiger partial charge in [0.25, 0.3) is 10.0 Å². The monoisotopic (exact) mass is 404 g/mol. The summed E-state index contributed by atoms with van der Waals surface area (Å²) in [7, 11) is -3.74. The number of unbranched alkanes of at least 4 members (excludes halogenated alkanes) is 1. The van der Waals surface area contributed by atoms with Crippen molar-refractivity contribution in [3.05, 3.63) is 48.0 Å². The third kappa shape index (κ3) is 5.99. The third-order valence-corrected chi connectivity index (χ3v) is 5.51. The molecule has 0 saturated carbocycles. The minimum absolute atomic E-state index is 0.128. The van der Waals surface area contributed by atoms with Crippen LogP contribution in [0.15, 0.2) is 47.4 Å². The molecule has 7 heteroatoms. The summed E-state index contributed by atoms with van der Waals surface area (Å²) in [4.78, 5) is 11.3. The van der Waals surface area contributed by atoms with Gasteiger partial charge in [0.15, 0.2) is 0 Å². The van der Waals surface area contributed by atoms with E-state index in [0.29, 0.717) is 18.0 Å². The second kappa shape index (κ2) is 9.59. The average molecular weight is 405 g/mol. The standard InChI is InChI=1S/C21H28N2O4S/c1-5-6-13-27-21-12-11-19(14-20(21)15(2)3)28(25,26)23-18-9-7-17(8-10-18)22-16(4)24/h7-12,14-15,23H,5-6,13H2,1-4H3,(H,22,24). The molecule has 2 aromatic carbocycles. The van der Waals surface area contributed by atoms with Crippen LogP contribution in [0.2, 0.25) is 0 Å². The molecular formula is C21H28N2O4S. The third-order valence-electron chi connectivity index (χ3n) is 4.13. The van der Waals surface area contributed by atoms with E-state index in [9.17, 15) is 13.2 Å². The van der Waals surface area contributed by atoms with Crippen molar-refractivity contribution in [3.8, 4) is 5.75 Å². The first-order chi connectivity index (χ1) is 13.2. The molecule has 2 rings (SSSR count). The number of ether oxygens (including phenoxy) is 1. The molecule has 6 nitrogen and oxygen atoms in total. The van der Waals surface area contributed by atoms with E-state index in [-0.39, 0.29) is 16.7 Å². The number of sulfonamides is 1. The van der Waals surface area contributed by atoms with Crippen LogP contribution in [0, 0.1) is 0 Å². The van der Waals surface area contributed by atoms with E-state index in [2.05, 4.69) is 17.0 Å². The van der Waals surface area contributed by atoms with Gasteiger partial charge in [-0.15, -0.1) is 0 Å². The second-order valence-corrected chi connectivity index (χ2v) is 8.60. The molecule has 2 N–H and O–H groups in total. The van der Waals surface area contributed by atoms with Crippen LogP contribution in [0.4, 0.5) is 11.4 Å². The molecule has 152 valence electrons. The molecule has 0 radical (unpaired) electrons. The Morgan fingerprint density at radius 2 is 1.71 bits per heavy atom. The van der Waals surface area contributed by atoms with Crippen molar-refractivity contribution in [1.29, 1.82) is 0 Å². The summed E-state index contributed by atoms with van der Waals surface area (Å²) in [5.74, 6) is 0.668. The van der Waals surface area contributed by atoms with Crippen molar-refractivity contribution in [2.45, 2.75) is 51.3 Å². The highest BCUT2D eigenvalue weighted by atomic mass is 32.2. The van der Waals surface area contributed by atoms with Crippen molar-refractivity contribution in [3.63, 3.8) is 0 Å². The van der Waals surface area contributed by atoms with Gasteiger partial charge < -0.3 is 10.1 Å². The highest BCUT2D eigenvalue weighted by Gasteiger charge is 2.18. The maximum Gasteiger partial charge on any atom is 0.261 e. The number of nitrogens with one attached hydrogen (secondary N) is 2. The van der Waals surface area contributed by atoms with Gasteiger partial charge in [0, 0.05) is 18.3 Å². The second-order valence-electron chi connectivity index (χ2n) is 6.92. The van der Waals surface area contributed by atoms with Crippen LogP contribution in [0.3, 0.4) is 0 Å². The Kier molecular flexibility index (Phi) is 7.45. The lowest BCUT2D eigenvalue weighted by atomic mass is 10.0. The van der Waals surface area contributed by atoms with Gasteiger partial charge in [0.05, 0.1) is 11.5 Å². The zero-order chi connectivity index (χ0) is 20.7. The molecular weight excluding hydrogens is 376 g/mol. The minimum atomic E-state index is -3.74. The Balaban J connectivity index is 2.22. The van der Waals surface area contributed by atoms with Gasteiger partial charge in [-0.3, -0.25) is 9.52 Å². The summed E-state index contributed by atoms with van der Waals surface area (Å²) < 4.78 is 34.0. The van der Waals surface area contributed by atoms with Crippen LogP contribution >= 0.6 is 0 Å². The number of benzene rings is 2. The van der Waals surface area contributed by atoms with Crippen LogP contribution in [-0.2, 0) is 14.8 Å². The molecule has 0 fully saturated rings. The van der Waals surface area contributed by atoms with Crippen LogP contribution in [0.25, 0.3) is 0 Å². The smallest absolute Gasteiger partial charge is 0.261 e. The predicted molar refractivity (Wildman–Crippen MR) is 112 cm³/mol. The number of carbonyl (C=O) groups excluding carboxylic acids is 1. The first-order valence-corrected chi connectivity index (χ1v) is 10.9. The van der Waals surface area contributed by atoms with Crippen LogP contribution in [0.5, 0.6) is 5.75 Å². The predicted octanol–water partition coefficient (Wildman–Crippen LogP) is 4.75. The fourth-order valence-electron chi connectivity index (χ4n) is 2.64. The summed E-state index contributed by atoms with van der Waals surface area (Å²) >= 11 is 0. The lowest BCUT2D eigenvalue weighted by molar-refractivity contribution is -0.114. The van der Waals surface area contributed by atoms with Gasteiger partial charge >= 0.3 is 0 Å². The fourth-order valence-corrected chi connectivity index (χ4v) is 3.74. The Bertz CT molecular complexity index is 907. The van der Waals surface area contributed by atoms with E-state index in [1.165, 1.54) is 6.92 Å². The van der Waals surface area contributed by atoms with Crippen LogP contribution < -0.4 is 14.8 Å². The maximum atomic E-state index is 12.8. The van der Waals surface area contributed by atoms with Gasteiger partial charge in [0.2, 0.25) is 5.91 Å². The molecule has 1 amide bonds. The van der Waals surface area contributed by atoms with E-state index < -0.39 is 10.0 Å². The van der Waals surface area contributed by atoms with E-state index in [4.69, 9.17) is 4.74 Å². The van der Waals surface area contributed by atoms with Gasteiger partial charge in [-0.2, -0.15) is 0 Å². The van der Waals surface area contributed by atoms with E-state index >= 15 is 0 Å². The topological polar surface area (TPSA) is 84.5 Å². The normalized spacial score (nSPS) is 11.3. The van der Waals surface area contributed by atoms with Gasteiger partial charge in [-0.25, -0.2) is 8.42 Å². The van der Waals surface area contributed by atoms with Gasteiger partial charge in [-0.05, 0) is 60.4 Å². The summed E-state index contributed by atoms with van der Waals surface area (Å²) in [6.07, 6.45) is 1.99. The molecule has 0 heterocycles. The number of hydrogen-bond donors (Lipinski definition) is 2. The number of anilines is 2. The Morgan fingerprint density at radius 1 is 1.07 bits per heavy atom. The number of carbonyl (C=O) groups is 1. The van der Waals surface area contributed by atoms with Crippen LogP contribution in [0.1, 0.15) is 52.0 Å². The van der Waals surface area contributed by atoms with E-state index in [1.807, 2.05) is 13.8 Å². The number of rotatable bonds is 9. The Morgan fingerprint density at radius 3 is 2.29 bits per heavy atom. The lowest BCUT2D eigenvalue weighted by Crippen LogP contribution is -2.14. The SMILES string of the molecule is CCCCOc1ccc(S(=O)(=O)Nc2ccc(NC(C)=O)cc2)cc1C(C)C. The molecule has 2 aromatic rings. The first-order valence-electron chi connectivity index (χ1n) is 9.40. The minimum Gasteiger partial charge on any atom is -0.493 e.